The first-order chi connectivity index (χ1) is 8.68. The van der Waals surface area contributed by atoms with Gasteiger partial charge in [0.2, 0.25) is 0 Å². The SMILES string of the molecule is CC(=O)C(C)Oc1ccccc1-c1ccccc1. The summed E-state index contributed by atoms with van der Waals surface area (Å²) in [5, 5.41) is 0. The van der Waals surface area contributed by atoms with Crippen molar-refractivity contribution in [1.82, 2.24) is 0 Å². The third-order valence-electron chi connectivity index (χ3n) is 2.85. The molecule has 0 spiro atoms. The van der Waals surface area contributed by atoms with Crippen LogP contribution in [0.15, 0.2) is 54.6 Å². The molecule has 2 heteroatoms. The quantitative estimate of drug-likeness (QED) is 0.814. The Morgan fingerprint density at radius 3 is 2.28 bits per heavy atom. The Morgan fingerprint density at radius 2 is 1.61 bits per heavy atom. The van der Waals surface area contributed by atoms with Crippen LogP contribution in [0.25, 0.3) is 11.1 Å². The summed E-state index contributed by atoms with van der Waals surface area (Å²) in [6.45, 7) is 3.31. The highest BCUT2D eigenvalue weighted by Crippen LogP contribution is 2.30. The molecule has 1 unspecified atom stereocenters. The van der Waals surface area contributed by atoms with Crippen molar-refractivity contribution < 1.29 is 9.53 Å². The fraction of sp³-hybridized carbons (Fsp3) is 0.188. The first-order valence-electron chi connectivity index (χ1n) is 6.00. The monoisotopic (exact) mass is 240 g/mol. The van der Waals surface area contributed by atoms with Crippen molar-refractivity contribution in [1.29, 1.82) is 0 Å². The van der Waals surface area contributed by atoms with Gasteiger partial charge in [-0.1, -0.05) is 48.5 Å². The highest BCUT2D eigenvalue weighted by Gasteiger charge is 2.12. The Morgan fingerprint density at radius 1 is 1.00 bits per heavy atom. The van der Waals surface area contributed by atoms with Crippen LogP contribution in [-0.2, 0) is 4.79 Å². The van der Waals surface area contributed by atoms with Crippen LogP contribution in [0.3, 0.4) is 0 Å². The molecule has 0 bridgehead atoms. The van der Waals surface area contributed by atoms with Crippen LogP contribution in [-0.4, -0.2) is 11.9 Å². The molecule has 0 saturated carbocycles. The van der Waals surface area contributed by atoms with Crippen molar-refractivity contribution in [3.8, 4) is 16.9 Å². The number of Topliss-reactive ketones (excluding diaryl/α,β-unsaturated/α-hetero) is 1. The molecular weight excluding hydrogens is 224 g/mol. The lowest BCUT2D eigenvalue weighted by Crippen LogP contribution is -2.20. The van der Waals surface area contributed by atoms with E-state index in [-0.39, 0.29) is 5.78 Å². The van der Waals surface area contributed by atoms with Crippen molar-refractivity contribution >= 4 is 5.78 Å². The summed E-state index contributed by atoms with van der Waals surface area (Å²) in [7, 11) is 0. The van der Waals surface area contributed by atoms with Crippen molar-refractivity contribution in [3.05, 3.63) is 54.6 Å². The summed E-state index contributed by atoms with van der Waals surface area (Å²) in [6, 6.07) is 17.8. The lowest BCUT2D eigenvalue weighted by molar-refractivity contribution is -0.122. The second kappa shape index (κ2) is 5.50. The molecule has 92 valence electrons. The maximum absolute atomic E-state index is 11.3. The van der Waals surface area contributed by atoms with Gasteiger partial charge in [-0.25, -0.2) is 0 Å². The molecule has 2 aromatic carbocycles. The number of benzene rings is 2. The summed E-state index contributed by atoms with van der Waals surface area (Å²) in [4.78, 5) is 11.3. The number of hydrogen-bond donors (Lipinski definition) is 0. The van der Waals surface area contributed by atoms with Gasteiger partial charge in [-0.05, 0) is 25.5 Å². The minimum Gasteiger partial charge on any atom is -0.482 e. The minimum absolute atomic E-state index is 0.0258. The molecule has 0 saturated heterocycles. The van der Waals surface area contributed by atoms with Gasteiger partial charge < -0.3 is 4.74 Å². The van der Waals surface area contributed by atoms with Crippen LogP contribution in [0, 0.1) is 0 Å². The zero-order chi connectivity index (χ0) is 13.0. The molecule has 2 rings (SSSR count). The van der Waals surface area contributed by atoms with E-state index >= 15 is 0 Å². The molecule has 0 N–H and O–H groups in total. The molecule has 0 aliphatic heterocycles. The van der Waals surface area contributed by atoms with E-state index in [1.165, 1.54) is 6.92 Å². The van der Waals surface area contributed by atoms with Crippen LogP contribution >= 0.6 is 0 Å². The van der Waals surface area contributed by atoms with Crippen LogP contribution in [0.5, 0.6) is 5.75 Å². The molecule has 18 heavy (non-hydrogen) atoms. The molecule has 0 amide bonds. The van der Waals surface area contributed by atoms with E-state index in [1.807, 2.05) is 54.6 Å². The predicted octanol–water partition coefficient (Wildman–Crippen LogP) is 3.71. The largest absolute Gasteiger partial charge is 0.482 e. The standard InChI is InChI=1S/C16H16O2/c1-12(17)13(2)18-16-11-7-6-10-15(16)14-8-4-3-5-9-14/h3-11,13H,1-2H3. The lowest BCUT2D eigenvalue weighted by atomic mass is 10.0. The average molecular weight is 240 g/mol. The number of ether oxygens (including phenoxy) is 1. The lowest BCUT2D eigenvalue weighted by Gasteiger charge is -2.15. The van der Waals surface area contributed by atoms with Crippen molar-refractivity contribution in [2.75, 3.05) is 0 Å². The van der Waals surface area contributed by atoms with Gasteiger partial charge in [0, 0.05) is 5.56 Å². The van der Waals surface area contributed by atoms with Crippen molar-refractivity contribution in [3.63, 3.8) is 0 Å². The zero-order valence-electron chi connectivity index (χ0n) is 10.6. The topological polar surface area (TPSA) is 26.3 Å². The average Bonchev–Trinajstić information content (AvgIpc) is 2.40. The number of rotatable bonds is 4. The van der Waals surface area contributed by atoms with Gasteiger partial charge in [0.1, 0.15) is 5.75 Å². The maximum atomic E-state index is 11.3. The third kappa shape index (κ3) is 2.77. The first kappa shape index (κ1) is 12.4. The van der Waals surface area contributed by atoms with E-state index in [0.717, 1.165) is 16.9 Å². The molecule has 0 radical (unpaired) electrons. The molecule has 0 heterocycles. The van der Waals surface area contributed by atoms with E-state index in [9.17, 15) is 4.79 Å². The van der Waals surface area contributed by atoms with Crippen molar-refractivity contribution in [2.45, 2.75) is 20.0 Å². The van der Waals surface area contributed by atoms with E-state index in [0.29, 0.717) is 0 Å². The normalized spacial score (nSPS) is 11.9. The Kier molecular flexibility index (Phi) is 3.78. The predicted molar refractivity (Wildman–Crippen MR) is 72.6 cm³/mol. The minimum atomic E-state index is -0.421. The van der Waals surface area contributed by atoms with Gasteiger partial charge in [-0.2, -0.15) is 0 Å². The Balaban J connectivity index is 2.35. The maximum Gasteiger partial charge on any atom is 0.169 e. The van der Waals surface area contributed by atoms with Gasteiger partial charge >= 0.3 is 0 Å². The van der Waals surface area contributed by atoms with Gasteiger partial charge in [-0.15, -0.1) is 0 Å². The smallest absolute Gasteiger partial charge is 0.169 e. The molecule has 2 nitrogen and oxygen atoms in total. The van der Waals surface area contributed by atoms with Gasteiger partial charge in [0.25, 0.3) is 0 Å². The molecule has 0 aromatic heterocycles. The Bertz CT molecular complexity index is 532. The van der Waals surface area contributed by atoms with Gasteiger partial charge in [-0.3, -0.25) is 4.79 Å². The second-order valence-electron chi connectivity index (χ2n) is 4.23. The van der Waals surface area contributed by atoms with Crippen LogP contribution < -0.4 is 4.74 Å². The highest BCUT2D eigenvalue weighted by molar-refractivity contribution is 5.81. The zero-order valence-corrected chi connectivity index (χ0v) is 10.6. The van der Waals surface area contributed by atoms with Gasteiger partial charge in [0.05, 0.1) is 0 Å². The molecule has 0 aliphatic rings. The van der Waals surface area contributed by atoms with Gasteiger partial charge in [0.15, 0.2) is 11.9 Å². The van der Waals surface area contributed by atoms with E-state index in [4.69, 9.17) is 4.74 Å². The molecular formula is C16H16O2. The molecule has 0 aliphatic carbocycles. The van der Waals surface area contributed by atoms with Crippen LogP contribution in [0.2, 0.25) is 0 Å². The van der Waals surface area contributed by atoms with Crippen LogP contribution in [0.1, 0.15) is 13.8 Å². The van der Waals surface area contributed by atoms with Crippen LogP contribution in [0.4, 0.5) is 0 Å². The molecule has 1 atom stereocenters. The summed E-state index contributed by atoms with van der Waals surface area (Å²) in [6.07, 6.45) is -0.421. The number of ketones is 1. The first-order valence-corrected chi connectivity index (χ1v) is 6.00. The van der Waals surface area contributed by atoms with E-state index in [2.05, 4.69) is 0 Å². The number of para-hydroxylation sites is 1. The number of carbonyl (C=O) groups excluding carboxylic acids is 1. The fourth-order valence-corrected chi connectivity index (χ4v) is 1.70. The Labute approximate surface area is 107 Å². The van der Waals surface area contributed by atoms with E-state index in [1.54, 1.807) is 6.92 Å². The Hall–Kier alpha value is -2.09. The number of carbonyl (C=O) groups is 1. The molecule has 2 aromatic rings. The third-order valence-corrected chi connectivity index (χ3v) is 2.85. The number of hydrogen-bond acceptors (Lipinski definition) is 2. The van der Waals surface area contributed by atoms with Crippen molar-refractivity contribution in [2.24, 2.45) is 0 Å². The summed E-state index contributed by atoms with van der Waals surface area (Å²) < 4.78 is 5.71. The summed E-state index contributed by atoms with van der Waals surface area (Å²) in [5.41, 5.74) is 2.09. The second-order valence-corrected chi connectivity index (χ2v) is 4.23. The fourth-order valence-electron chi connectivity index (χ4n) is 1.70. The highest BCUT2D eigenvalue weighted by atomic mass is 16.5. The van der Waals surface area contributed by atoms with E-state index < -0.39 is 6.10 Å². The summed E-state index contributed by atoms with van der Waals surface area (Å²) in [5.74, 6) is 0.768. The summed E-state index contributed by atoms with van der Waals surface area (Å²) >= 11 is 0. The molecule has 0 fully saturated rings.